The molecule has 5 nitrogen and oxygen atoms in total. The van der Waals surface area contributed by atoms with Crippen molar-refractivity contribution in [3.63, 3.8) is 0 Å². The summed E-state index contributed by atoms with van der Waals surface area (Å²) in [6.45, 7) is 3.27. The van der Waals surface area contributed by atoms with E-state index in [0.717, 1.165) is 33.4 Å². The molecule has 0 fully saturated rings. The van der Waals surface area contributed by atoms with Crippen LogP contribution in [0.5, 0.6) is 5.75 Å². The van der Waals surface area contributed by atoms with E-state index in [9.17, 15) is 0 Å². The summed E-state index contributed by atoms with van der Waals surface area (Å²) in [6, 6.07) is 17.6. The number of anilines is 2. The molecule has 0 unspecified atom stereocenters. The van der Waals surface area contributed by atoms with Crippen LogP contribution in [-0.4, -0.2) is 17.1 Å². The molecule has 3 aromatic rings. The van der Waals surface area contributed by atoms with Crippen LogP contribution in [-0.2, 0) is 13.1 Å². The van der Waals surface area contributed by atoms with Gasteiger partial charge in [0.1, 0.15) is 11.6 Å². The first-order valence-corrected chi connectivity index (χ1v) is 8.71. The smallest absolute Gasteiger partial charge is 0.225 e. The van der Waals surface area contributed by atoms with Crippen molar-refractivity contribution in [1.29, 1.82) is 0 Å². The zero-order valence-electron chi connectivity index (χ0n) is 14.8. The number of nitrogens with one attached hydrogen (secondary N) is 2. The molecule has 0 spiro atoms. The van der Waals surface area contributed by atoms with Crippen LogP contribution < -0.4 is 15.4 Å². The normalized spacial score (nSPS) is 10.4. The highest BCUT2D eigenvalue weighted by Crippen LogP contribution is 2.15. The van der Waals surface area contributed by atoms with Gasteiger partial charge >= 0.3 is 0 Å². The van der Waals surface area contributed by atoms with E-state index >= 15 is 0 Å². The second-order valence-electron chi connectivity index (χ2n) is 5.90. The van der Waals surface area contributed by atoms with E-state index < -0.39 is 0 Å². The molecule has 0 bridgehead atoms. The first-order chi connectivity index (χ1) is 12.6. The van der Waals surface area contributed by atoms with E-state index in [1.165, 1.54) is 0 Å². The average Bonchev–Trinajstić information content (AvgIpc) is 2.66. The average molecular weight is 369 g/mol. The second-order valence-corrected chi connectivity index (χ2v) is 6.34. The van der Waals surface area contributed by atoms with E-state index in [4.69, 9.17) is 16.3 Å². The third-order valence-electron chi connectivity index (χ3n) is 3.85. The number of aromatic nitrogens is 2. The summed E-state index contributed by atoms with van der Waals surface area (Å²) in [5, 5.41) is 7.32. The topological polar surface area (TPSA) is 59.1 Å². The van der Waals surface area contributed by atoms with E-state index in [-0.39, 0.29) is 0 Å². The molecule has 0 aliphatic rings. The lowest BCUT2D eigenvalue weighted by Gasteiger charge is -2.10. The Balaban J connectivity index is 1.61. The fourth-order valence-corrected chi connectivity index (χ4v) is 2.58. The van der Waals surface area contributed by atoms with Crippen LogP contribution in [0.4, 0.5) is 11.8 Å². The van der Waals surface area contributed by atoms with Crippen molar-refractivity contribution in [2.45, 2.75) is 20.0 Å². The summed E-state index contributed by atoms with van der Waals surface area (Å²) in [4.78, 5) is 8.97. The number of methoxy groups -OCH3 is 1. The molecule has 0 atom stereocenters. The number of benzene rings is 2. The van der Waals surface area contributed by atoms with Crippen molar-refractivity contribution >= 4 is 23.4 Å². The van der Waals surface area contributed by atoms with Gasteiger partial charge in [-0.2, -0.15) is 4.98 Å². The van der Waals surface area contributed by atoms with Crippen molar-refractivity contribution in [3.05, 3.63) is 76.4 Å². The Morgan fingerprint density at radius 3 is 2.15 bits per heavy atom. The van der Waals surface area contributed by atoms with Crippen LogP contribution in [0, 0.1) is 6.92 Å². The van der Waals surface area contributed by atoms with Crippen LogP contribution in [0.3, 0.4) is 0 Å². The van der Waals surface area contributed by atoms with Gasteiger partial charge in [0, 0.05) is 29.9 Å². The predicted molar refractivity (Wildman–Crippen MR) is 106 cm³/mol. The Morgan fingerprint density at radius 2 is 1.50 bits per heavy atom. The fraction of sp³-hybridized carbons (Fsp3) is 0.200. The van der Waals surface area contributed by atoms with Gasteiger partial charge in [-0.25, -0.2) is 4.98 Å². The monoisotopic (exact) mass is 368 g/mol. The molecule has 0 amide bonds. The molecule has 0 aliphatic heterocycles. The molecule has 0 radical (unpaired) electrons. The predicted octanol–water partition coefficient (Wildman–Crippen LogP) is 4.67. The summed E-state index contributed by atoms with van der Waals surface area (Å²) >= 11 is 5.91. The lowest BCUT2D eigenvalue weighted by Crippen LogP contribution is -2.08. The first kappa shape index (κ1) is 18.0. The van der Waals surface area contributed by atoms with E-state index in [1.807, 2.05) is 61.5 Å². The zero-order chi connectivity index (χ0) is 18.4. The van der Waals surface area contributed by atoms with Gasteiger partial charge in [0.05, 0.1) is 7.11 Å². The lowest BCUT2D eigenvalue weighted by atomic mass is 10.2. The van der Waals surface area contributed by atoms with Crippen LogP contribution in [0.2, 0.25) is 5.02 Å². The van der Waals surface area contributed by atoms with Gasteiger partial charge in [-0.1, -0.05) is 35.9 Å². The molecule has 26 heavy (non-hydrogen) atoms. The Bertz CT molecular complexity index is 851. The molecule has 2 N–H and O–H groups in total. The third-order valence-corrected chi connectivity index (χ3v) is 4.10. The minimum absolute atomic E-state index is 0.595. The number of hydrogen-bond donors (Lipinski definition) is 2. The molecule has 1 aromatic heterocycles. The molecular formula is C20H21ClN4O. The van der Waals surface area contributed by atoms with Gasteiger partial charge in [-0.15, -0.1) is 0 Å². The Labute approximate surface area is 158 Å². The maximum atomic E-state index is 5.91. The molecule has 3 rings (SSSR count). The van der Waals surface area contributed by atoms with Gasteiger partial charge in [-0.3, -0.25) is 0 Å². The maximum absolute atomic E-state index is 5.91. The summed E-state index contributed by atoms with van der Waals surface area (Å²) in [5.41, 5.74) is 3.17. The minimum atomic E-state index is 0.595. The zero-order valence-corrected chi connectivity index (χ0v) is 15.5. The van der Waals surface area contributed by atoms with Crippen LogP contribution in [0.1, 0.15) is 16.8 Å². The van der Waals surface area contributed by atoms with Crippen molar-refractivity contribution in [2.24, 2.45) is 0 Å². The van der Waals surface area contributed by atoms with Gasteiger partial charge in [0.2, 0.25) is 5.95 Å². The van der Waals surface area contributed by atoms with Crippen molar-refractivity contribution in [2.75, 3.05) is 17.7 Å². The number of ether oxygens (including phenoxy) is 1. The molecule has 0 saturated carbocycles. The highest BCUT2D eigenvalue weighted by Gasteiger charge is 2.03. The van der Waals surface area contributed by atoms with E-state index in [1.54, 1.807) is 7.11 Å². The Kier molecular flexibility index (Phi) is 5.92. The SMILES string of the molecule is COc1ccc(CNc2cc(C)nc(NCc3ccc(Cl)cc3)n2)cc1. The fourth-order valence-electron chi connectivity index (χ4n) is 2.46. The largest absolute Gasteiger partial charge is 0.497 e. The van der Waals surface area contributed by atoms with Crippen molar-refractivity contribution < 1.29 is 4.74 Å². The molecule has 134 valence electrons. The van der Waals surface area contributed by atoms with E-state index in [0.29, 0.717) is 19.0 Å². The summed E-state index contributed by atoms with van der Waals surface area (Å²) in [7, 11) is 1.66. The van der Waals surface area contributed by atoms with Crippen LogP contribution in [0.25, 0.3) is 0 Å². The van der Waals surface area contributed by atoms with E-state index in [2.05, 4.69) is 20.6 Å². The molecule has 0 saturated heterocycles. The summed E-state index contributed by atoms with van der Waals surface area (Å²) in [6.07, 6.45) is 0. The lowest BCUT2D eigenvalue weighted by molar-refractivity contribution is 0.414. The van der Waals surface area contributed by atoms with Crippen LogP contribution in [0.15, 0.2) is 54.6 Å². The van der Waals surface area contributed by atoms with Gasteiger partial charge in [-0.05, 0) is 42.3 Å². The Morgan fingerprint density at radius 1 is 0.885 bits per heavy atom. The summed E-state index contributed by atoms with van der Waals surface area (Å²) < 4.78 is 5.18. The van der Waals surface area contributed by atoms with Gasteiger partial charge in [0.25, 0.3) is 0 Å². The molecule has 1 heterocycles. The van der Waals surface area contributed by atoms with Gasteiger partial charge in [0.15, 0.2) is 0 Å². The summed E-state index contributed by atoms with van der Waals surface area (Å²) in [5.74, 6) is 2.23. The molecular weight excluding hydrogens is 348 g/mol. The highest BCUT2D eigenvalue weighted by atomic mass is 35.5. The van der Waals surface area contributed by atoms with Crippen LogP contribution >= 0.6 is 11.6 Å². The number of nitrogens with zero attached hydrogens (tertiary/aromatic N) is 2. The highest BCUT2D eigenvalue weighted by molar-refractivity contribution is 6.30. The molecule has 6 heteroatoms. The number of halogens is 1. The third kappa shape index (κ3) is 5.10. The number of rotatable bonds is 7. The Hall–Kier alpha value is -2.79. The number of hydrogen-bond acceptors (Lipinski definition) is 5. The standard InChI is InChI=1S/C20H21ClN4O/c1-14-11-19(22-12-16-5-9-18(26-2)10-6-16)25-20(24-14)23-13-15-3-7-17(21)8-4-15/h3-11H,12-13H2,1-2H3,(H2,22,23,24,25). The quantitative estimate of drug-likeness (QED) is 0.634. The second kappa shape index (κ2) is 8.54. The first-order valence-electron chi connectivity index (χ1n) is 8.33. The molecule has 2 aromatic carbocycles. The van der Waals surface area contributed by atoms with Gasteiger partial charge < -0.3 is 15.4 Å². The molecule has 0 aliphatic carbocycles. The minimum Gasteiger partial charge on any atom is -0.497 e. The van der Waals surface area contributed by atoms with Crippen molar-refractivity contribution in [1.82, 2.24) is 9.97 Å². The number of aryl methyl sites for hydroxylation is 1. The maximum Gasteiger partial charge on any atom is 0.225 e. The van der Waals surface area contributed by atoms with Crippen molar-refractivity contribution in [3.8, 4) is 5.75 Å².